The molecule has 9 nitrogen and oxygen atoms in total. The van der Waals surface area contributed by atoms with Crippen LogP contribution >= 0.6 is 15.9 Å². The van der Waals surface area contributed by atoms with Crippen molar-refractivity contribution < 1.29 is 13.2 Å². The van der Waals surface area contributed by atoms with Crippen LogP contribution in [0.5, 0.6) is 0 Å². The molecular weight excluding hydrogens is 424 g/mol. The molecule has 3 aromatic rings. The molecule has 0 saturated carbocycles. The van der Waals surface area contributed by atoms with Crippen molar-refractivity contribution in [2.24, 2.45) is 11.0 Å². The lowest BCUT2D eigenvalue weighted by atomic mass is 10.1. The Bertz CT molecular complexity index is 1060. The van der Waals surface area contributed by atoms with Crippen LogP contribution in [0.15, 0.2) is 57.9 Å². The van der Waals surface area contributed by atoms with Gasteiger partial charge in [-0.15, -0.1) is 5.10 Å². The number of hydrazine groups is 1. The molecule has 11 heteroatoms. The summed E-state index contributed by atoms with van der Waals surface area (Å²) in [5.41, 5.74) is 3.65. The SMILES string of the molecule is NNC(=O)c1nnn(-c2ccc(S(N)(=O)=O)cc2)c1-c1ccc(Br)cc1. The number of benzene rings is 2. The summed E-state index contributed by atoms with van der Waals surface area (Å²) in [4.78, 5) is 12.0. The van der Waals surface area contributed by atoms with E-state index in [1.54, 1.807) is 24.3 Å². The zero-order valence-electron chi connectivity index (χ0n) is 13.1. The van der Waals surface area contributed by atoms with Gasteiger partial charge in [0.25, 0.3) is 5.91 Å². The van der Waals surface area contributed by atoms with Gasteiger partial charge in [0.15, 0.2) is 5.69 Å². The van der Waals surface area contributed by atoms with Crippen LogP contribution in [0.25, 0.3) is 16.9 Å². The van der Waals surface area contributed by atoms with Crippen molar-refractivity contribution in [2.45, 2.75) is 4.90 Å². The zero-order valence-corrected chi connectivity index (χ0v) is 15.5. The molecule has 0 aliphatic carbocycles. The molecule has 3 rings (SSSR count). The standard InChI is InChI=1S/C15H13BrN6O3S/c16-10-3-1-9(2-4-10)14-13(15(23)19-17)20-21-22(14)11-5-7-12(8-6-11)26(18,24)25/h1-8H,17H2,(H,19,23)(H2,18,24,25). The van der Waals surface area contributed by atoms with Gasteiger partial charge in [0, 0.05) is 10.0 Å². The number of sulfonamides is 1. The molecule has 1 heterocycles. The average Bonchev–Trinajstić information content (AvgIpc) is 3.06. The first kappa shape index (κ1) is 18.2. The Labute approximate surface area is 157 Å². The van der Waals surface area contributed by atoms with E-state index in [2.05, 4.69) is 26.2 Å². The fraction of sp³-hybridized carbons (Fsp3) is 0. The molecule has 2 aromatic carbocycles. The van der Waals surface area contributed by atoms with E-state index in [1.165, 1.54) is 28.9 Å². The normalized spacial score (nSPS) is 11.3. The van der Waals surface area contributed by atoms with E-state index in [0.717, 1.165) is 4.47 Å². The summed E-state index contributed by atoms with van der Waals surface area (Å²) in [6, 6.07) is 12.9. The summed E-state index contributed by atoms with van der Waals surface area (Å²) in [6.07, 6.45) is 0. The van der Waals surface area contributed by atoms with E-state index in [4.69, 9.17) is 11.0 Å². The zero-order chi connectivity index (χ0) is 18.9. The third-order valence-corrected chi connectivity index (χ3v) is 5.00. The molecule has 0 atom stereocenters. The lowest BCUT2D eigenvalue weighted by Gasteiger charge is -2.09. The van der Waals surface area contributed by atoms with Crippen LogP contribution in [0.3, 0.4) is 0 Å². The maximum absolute atomic E-state index is 12.0. The van der Waals surface area contributed by atoms with Crippen molar-refractivity contribution in [2.75, 3.05) is 0 Å². The molecule has 134 valence electrons. The van der Waals surface area contributed by atoms with Gasteiger partial charge in [-0.05, 0) is 36.4 Å². The fourth-order valence-electron chi connectivity index (χ4n) is 2.33. The van der Waals surface area contributed by atoms with Crippen molar-refractivity contribution >= 4 is 31.9 Å². The van der Waals surface area contributed by atoms with Crippen LogP contribution < -0.4 is 16.4 Å². The van der Waals surface area contributed by atoms with E-state index in [-0.39, 0.29) is 10.6 Å². The largest absolute Gasteiger partial charge is 0.289 e. The summed E-state index contributed by atoms with van der Waals surface area (Å²) < 4.78 is 25.1. The van der Waals surface area contributed by atoms with E-state index < -0.39 is 15.9 Å². The molecule has 0 radical (unpaired) electrons. The van der Waals surface area contributed by atoms with Crippen LogP contribution in [0.2, 0.25) is 0 Å². The molecule has 26 heavy (non-hydrogen) atoms. The Morgan fingerprint density at radius 3 is 2.23 bits per heavy atom. The van der Waals surface area contributed by atoms with Gasteiger partial charge < -0.3 is 0 Å². The molecule has 0 aliphatic heterocycles. The van der Waals surface area contributed by atoms with Crippen molar-refractivity contribution in [1.82, 2.24) is 20.4 Å². The minimum absolute atomic E-state index is 0.0327. The Balaban J connectivity index is 2.17. The number of primary sulfonamides is 1. The Kier molecular flexibility index (Phi) is 4.87. The maximum atomic E-state index is 12.0. The number of nitrogens with two attached hydrogens (primary N) is 2. The molecule has 0 saturated heterocycles. The predicted octanol–water partition coefficient (Wildman–Crippen LogP) is 0.948. The van der Waals surface area contributed by atoms with Crippen LogP contribution in [0.4, 0.5) is 0 Å². The quantitative estimate of drug-likeness (QED) is 0.315. The monoisotopic (exact) mass is 436 g/mol. The summed E-state index contributed by atoms with van der Waals surface area (Å²) in [6.45, 7) is 0. The van der Waals surface area contributed by atoms with Gasteiger partial charge in [0.2, 0.25) is 10.0 Å². The topological polar surface area (TPSA) is 146 Å². The van der Waals surface area contributed by atoms with Gasteiger partial charge in [-0.2, -0.15) is 0 Å². The third kappa shape index (κ3) is 3.51. The second-order valence-electron chi connectivity index (χ2n) is 5.22. The highest BCUT2D eigenvalue weighted by atomic mass is 79.9. The number of nitrogens with one attached hydrogen (secondary N) is 1. The second-order valence-corrected chi connectivity index (χ2v) is 7.69. The number of carbonyl (C=O) groups excluding carboxylic acids is 1. The smallest absolute Gasteiger partial charge is 0.288 e. The molecule has 1 aromatic heterocycles. The van der Waals surface area contributed by atoms with Gasteiger partial charge >= 0.3 is 0 Å². The number of aromatic nitrogens is 3. The molecule has 0 aliphatic rings. The van der Waals surface area contributed by atoms with Crippen LogP contribution in [0, 0.1) is 0 Å². The van der Waals surface area contributed by atoms with Crippen molar-refractivity contribution in [1.29, 1.82) is 0 Å². The number of nitrogen functional groups attached to an aromatic ring is 1. The summed E-state index contributed by atoms with van der Waals surface area (Å²) >= 11 is 3.35. The highest BCUT2D eigenvalue weighted by Gasteiger charge is 2.22. The third-order valence-electron chi connectivity index (χ3n) is 3.54. The number of hydrogen-bond donors (Lipinski definition) is 3. The summed E-state index contributed by atoms with van der Waals surface area (Å²) in [5, 5.41) is 13.0. The highest BCUT2D eigenvalue weighted by Crippen LogP contribution is 2.27. The first-order valence-corrected chi connectivity index (χ1v) is 9.51. The minimum atomic E-state index is -3.81. The summed E-state index contributed by atoms with van der Waals surface area (Å²) in [7, 11) is -3.81. The molecule has 0 spiro atoms. The number of rotatable bonds is 4. The van der Waals surface area contributed by atoms with E-state index >= 15 is 0 Å². The van der Waals surface area contributed by atoms with Crippen molar-refractivity contribution in [3.05, 3.63) is 58.7 Å². The van der Waals surface area contributed by atoms with Gasteiger partial charge in [0.1, 0.15) is 5.69 Å². The first-order valence-electron chi connectivity index (χ1n) is 7.17. The van der Waals surface area contributed by atoms with Crippen LogP contribution in [0.1, 0.15) is 10.5 Å². The Hall–Kier alpha value is -2.60. The number of hydrogen-bond acceptors (Lipinski definition) is 6. The first-order chi connectivity index (χ1) is 12.3. The number of carbonyl (C=O) groups is 1. The Morgan fingerprint density at radius 2 is 1.69 bits per heavy atom. The van der Waals surface area contributed by atoms with Gasteiger partial charge in [-0.25, -0.2) is 24.1 Å². The molecular formula is C15H13BrN6O3S. The van der Waals surface area contributed by atoms with Gasteiger partial charge in [0.05, 0.1) is 10.6 Å². The van der Waals surface area contributed by atoms with E-state index in [9.17, 15) is 13.2 Å². The molecule has 0 unspecified atom stereocenters. The molecule has 5 N–H and O–H groups in total. The second kappa shape index (κ2) is 6.96. The number of halogens is 1. The molecule has 0 fully saturated rings. The average molecular weight is 437 g/mol. The van der Waals surface area contributed by atoms with Gasteiger partial charge in [-0.3, -0.25) is 10.2 Å². The minimum Gasteiger partial charge on any atom is -0.289 e. The number of nitrogens with zero attached hydrogens (tertiary/aromatic N) is 3. The lowest BCUT2D eigenvalue weighted by molar-refractivity contribution is 0.0949. The fourth-order valence-corrected chi connectivity index (χ4v) is 3.11. The van der Waals surface area contributed by atoms with Gasteiger partial charge in [-0.1, -0.05) is 33.3 Å². The lowest BCUT2D eigenvalue weighted by Crippen LogP contribution is -2.30. The summed E-state index contributed by atoms with van der Waals surface area (Å²) in [5.74, 6) is 4.62. The Morgan fingerprint density at radius 1 is 1.08 bits per heavy atom. The molecule has 0 bridgehead atoms. The van der Waals surface area contributed by atoms with Crippen LogP contribution in [-0.2, 0) is 10.0 Å². The predicted molar refractivity (Wildman–Crippen MR) is 97.5 cm³/mol. The number of amides is 1. The van der Waals surface area contributed by atoms with E-state index in [0.29, 0.717) is 16.9 Å². The van der Waals surface area contributed by atoms with Crippen molar-refractivity contribution in [3.8, 4) is 16.9 Å². The maximum Gasteiger partial charge on any atom is 0.288 e. The van der Waals surface area contributed by atoms with Crippen molar-refractivity contribution in [3.63, 3.8) is 0 Å². The van der Waals surface area contributed by atoms with Crippen LogP contribution in [-0.4, -0.2) is 29.3 Å². The van der Waals surface area contributed by atoms with E-state index in [1.807, 2.05) is 5.43 Å². The highest BCUT2D eigenvalue weighted by molar-refractivity contribution is 9.10. The molecule has 1 amide bonds.